The lowest BCUT2D eigenvalue weighted by Gasteiger charge is -2.53. The molecule has 2 aliphatic rings. The van der Waals surface area contributed by atoms with Gasteiger partial charge in [-0.15, -0.1) is 23.1 Å². The second-order valence-electron chi connectivity index (χ2n) is 8.58. The molecule has 2 fully saturated rings. The maximum absolute atomic E-state index is 13.0. The predicted molar refractivity (Wildman–Crippen MR) is 142 cm³/mol. The fourth-order valence-electron chi connectivity index (χ4n) is 3.87. The molecule has 2 aromatic rings. The van der Waals surface area contributed by atoms with Crippen LogP contribution in [0.5, 0.6) is 0 Å². The standard InChI is InChI=1S/C21H24N8O7S3/c1-2-36-27-13(10-6-37-19(23)24-10)15(32)26-14-16(33)29-7-21(18(34)35,8-38-17(14)29)9-39-20-25-11(22)3-4-28(20)5-12(30)31/h3-4,6,14,17,22H,2,5,7-9H2,1H3,(H5,23,24,26,30,31,32,34,35)/p+1/t14?,17-,21?/m1/s1. The van der Waals surface area contributed by atoms with Gasteiger partial charge in [-0.2, -0.15) is 0 Å². The summed E-state index contributed by atoms with van der Waals surface area (Å²) >= 11 is 3.40. The molecule has 0 aromatic carbocycles. The Balaban J connectivity index is 1.45. The van der Waals surface area contributed by atoms with Crippen LogP contribution in [0, 0.1) is 5.41 Å². The highest BCUT2D eigenvalue weighted by atomic mass is 32.2. The van der Waals surface area contributed by atoms with Crippen LogP contribution in [0.2, 0.25) is 0 Å². The summed E-state index contributed by atoms with van der Waals surface area (Å²) in [5, 5.41) is 27.3. The normalized spacial score (nSPS) is 22.5. The van der Waals surface area contributed by atoms with Crippen molar-refractivity contribution in [3.05, 3.63) is 23.3 Å². The summed E-state index contributed by atoms with van der Waals surface area (Å²) in [7, 11) is 0. The lowest BCUT2D eigenvalue weighted by molar-refractivity contribution is -0.726. The zero-order chi connectivity index (χ0) is 28.3. The number of amides is 2. The molecule has 3 atom stereocenters. The lowest BCUT2D eigenvalue weighted by atomic mass is 9.89. The number of carbonyl (C=O) groups excluding carboxylic acids is 2. The summed E-state index contributed by atoms with van der Waals surface area (Å²) in [5.74, 6) is -3.01. The van der Waals surface area contributed by atoms with Crippen molar-refractivity contribution in [2.75, 3.05) is 36.1 Å². The molecule has 0 radical (unpaired) electrons. The Bertz CT molecular complexity index is 1340. The monoisotopic (exact) mass is 597 g/mol. The quantitative estimate of drug-likeness (QED) is 0.0528. The second-order valence-corrected chi connectivity index (χ2v) is 11.5. The van der Waals surface area contributed by atoms with Crippen molar-refractivity contribution in [3.8, 4) is 0 Å². The Morgan fingerprint density at radius 1 is 1.36 bits per heavy atom. The maximum Gasteiger partial charge on any atom is 0.362 e. The van der Waals surface area contributed by atoms with Gasteiger partial charge in [0.2, 0.25) is 11.7 Å². The molecule has 0 bridgehead atoms. The number of nitrogen functional groups attached to an aromatic ring is 2. The highest BCUT2D eigenvalue weighted by Gasteiger charge is 2.57. The molecular weight excluding hydrogens is 572 g/mol. The highest BCUT2D eigenvalue weighted by Crippen LogP contribution is 2.44. The molecule has 0 aliphatic carbocycles. The number of aromatic nitrogens is 3. The lowest BCUT2D eigenvalue weighted by Crippen LogP contribution is -2.74. The van der Waals surface area contributed by atoms with Gasteiger partial charge in [0, 0.05) is 29.5 Å². The first-order chi connectivity index (χ1) is 18.5. The van der Waals surface area contributed by atoms with Gasteiger partial charge in [0.05, 0.1) is 6.20 Å². The van der Waals surface area contributed by atoms with Crippen molar-refractivity contribution in [1.29, 1.82) is 0 Å². The molecule has 15 nitrogen and oxygen atoms in total. The van der Waals surface area contributed by atoms with Crippen LogP contribution in [0.1, 0.15) is 12.6 Å². The first-order valence-electron chi connectivity index (χ1n) is 11.4. The van der Waals surface area contributed by atoms with Crippen LogP contribution in [0.3, 0.4) is 0 Å². The number of hydrogen-bond donors (Lipinski definition) is 5. The molecular formula is C21H25N8O7S3+. The number of anilines is 2. The second kappa shape index (κ2) is 11.6. The molecule has 0 saturated carbocycles. The van der Waals surface area contributed by atoms with E-state index < -0.39 is 40.6 Å². The fraction of sp³-hybridized carbons (Fsp3) is 0.429. The van der Waals surface area contributed by atoms with Crippen molar-refractivity contribution >= 4 is 75.3 Å². The number of nitrogens with two attached hydrogens (primary N) is 2. The summed E-state index contributed by atoms with van der Waals surface area (Å²) in [6.07, 6.45) is 1.47. The Morgan fingerprint density at radius 3 is 2.77 bits per heavy atom. The Morgan fingerprint density at radius 2 is 2.13 bits per heavy atom. The Kier molecular flexibility index (Phi) is 8.45. The zero-order valence-corrected chi connectivity index (χ0v) is 22.9. The van der Waals surface area contributed by atoms with Crippen LogP contribution in [-0.2, 0) is 30.6 Å². The van der Waals surface area contributed by atoms with E-state index in [0.717, 1.165) is 23.1 Å². The minimum absolute atomic E-state index is 0.00927. The number of thioether (sulfide) groups is 2. The number of oxime groups is 1. The van der Waals surface area contributed by atoms with E-state index in [0.29, 0.717) is 0 Å². The number of thiazole rings is 1. The van der Waals surface area contributed by atoms with E-state index in [1.165, 1.54) is 33.5 Å². The number of rotatable bonds is 11. The van der Waals surface area contributed by atoms with Gasteiger partial charge in [0.25, 0.3) is 5.91 Å². The maximum atomic E-state index is 13.0. The number of nitrogens with one attached hydrogen (secondary N) is 1. The van der Waals surface area contributed by atoms with Crippen molar-refractivity contribution in [2.45, 2.75) is 30.0 Å². The first kappa shape index (κ1) is 28.4. The first-order valence-corrected chi connectivity index (χ1v) is 14.3. The number of aliphatic carboxylic acids is 2. The molecule has 2 unspecified atom stereocenters. The van der Waals surface area contributed by atoms with Gasteiger partial charge in [0.15, 0.2) is 17.4 Å². The van der Waals surface area contributed by atoms with Crippen LogP contribution in [0.15, 0.2) is 28.0 Å². The molecule has 2 amide bonds. The van der Waals surface area contributed by atoms with E-state index >= 15 is 0 Å². The van der Waals surface area contributed by atoms with Gasteiger partial charge < -0.3 is 36.7 Å². The summed E-state index contributed by atoms with van der Waals surface area (Å²) in [4.78, 5) is 64.2. The molecule has 2 saturated heterocycles. The van der Waals surface area contributed by atoms with Crippen LogP contribution in [-0.4, -0.2) is 90.6 Å². The van der Waals surface area contributed by atoms with E-state index in [4.69, 9.17) is 21.4 Å². The molecule has 4 heterocycles. The van der Waals surface area contributed by atoms with Crippen LogP contribution >= 0.6 is 34.9 Å². The van der Waals surface area contributed by atoms with E-state index in [2.05, 4.69) is 20.4 Å². The average Bonchev–Trinajstić information content (AvgIpc) is 3.32. The SMILES string of the molecule is CCON=C(C(=O)NC1C(=O)N2CC(CSc3nc(N)cc[n+]3CC(=O)O)(C(=O)O)CS[C@H]12)c1csc(N)n1. The van der Waals surface area contributed by atoms with Gasteiger partial charge >= 0.3 is 17.1 Å². The molecule has 2 aromatic heterocycles. The van der Waals surface area contributed by atoms with Crippen LogP contribution in [0.25, 0.3) is 0 Å². The number of fused-ring (bicyclic) bond motifs is 1. The van der Waals surface area contributed by atoms with E-state index in [-0.39, 0.29) is 58.7 Å². The van der Waals surface area contributed by atoms with Crippen molar-refractivity contribution in [3.63, 3.8) is 0 Å². The number of hydrogen-bond acceptors (Lipinski definition) is 13. The summed E-state index contributed by atoms with van der Waals surface area (Å²) in [6.45, 7) is 1.44. The third-order valence-electron chi connectivity index (χ3n) is 5.83. The van der Waals surface area contributed by atoms with Crippen molar-refractivity contribution in [2.24, 2.45) is 10.6 Å². The zero-order valence-electron chi connectivity index (χ0n) is 20.5. The number of carbonyl (C=O) groups is 4. The highest BCUT2D eigenvalue weighted by molar-refractivity contribution is 8.00. The van der Waals surface area contributed by atoms with Crippen molar-refractivity contribution in [1.82, 2.24) is 20.2 Å². The molecule has 0 spiro atoms. The summed E-state index contributed by atoms with van der Waals surface area (Å²) in [6, 6.07) is 0.556. The van der Waals surface area contributed by atoms with Gasteiger partial charge in [-0.3, -0.25) is 14.4 Å². The summed E-state index contributed by atoms with van der Waals surface area (Å²) in [5.41, 5.74) is 10.2. The minimum atomic E-state index is -1.34. The smallest absolute Gasteiger partial charge is 0.362 e. The number of nitrogens with zero attached hydrogens (tertiary/aromatic N) is 5. The van der Waals surface area contributed by atoms with E-state index in [9.17, 15) is 24.3 Å². The largest absolute Gasteiger partial charge is 0.481 e. The summed E-state index contributed by atoms with van der Waals surface area (Å²) < 4.78 is 1.36. The van der Waals surface area contributed by atoms with Gasteiger partial charge in [0.1, 0.15) is 29.1 Å². The third-order valence-corrected chi connectivity index (χ3v) is 9.37. The Labute approximate surface area is 234 Å². The topological polar surface area (TPSA) is 227 Å². The van der Waals surface area contributed by atoms with Crippen LogP contribution in [0.4, 0.5) is 10.9 Å². The van der Waals surface area contributed by atoms with Crippen LogP contribution < -0.4 is 21.4 Å². The minimum Gasteiger partial charge on any atom is -0.481 e. The number of β-lactam (4-membered cyclic amide) rings is 1. The molecule has 39 heavy (non-hydrogen) atoms. The van der Waals surface area contributed by atoms with E-state index in [1.54, 1.807) is 12.3 Å². The number of carboxylic acid groups (broad SMARTS) is 2. The molecule has 208 valence electrons. The van der Waals surface area contributed by atoms with Crippen molar-refractivity contribution < 1.29 is 38.8 Å². The number of carboxylic acids is 2. The van der Waals surface area contributed by atoms with Gasteiger partial charge in [-0.05, 0) is 23.7 Å². The van der Waals surface area contributed by atoms with Gasteiger partial charge in [-0.25, -0.2) is 14.3 Å². The van der Waals surface area contributed by atoms with E-state index in [1.807, 2.05) is 0 Å². The average molecular weight is 598 g/mol. The third kappa shape index (κ3) is 6.01. The Hall–Kier alpha value is -3.64. The fourth-order valence-corrected chi connectivity index (χ4v) is 7.27. The predicted octanol–water partition coefficient (Wildman–Crippen LogP) is -0.922. The van der Waals surface area contributed by atoms with Gasteiger partial charge in [-0.1, -0.05) is 5.16 Å². The molecule has 7 N–H and O–H groups in total. The molecule has 18 heteroatoms. The molecule has 2 aliphatic heterocycles. The molecule has 4 rings (SSSR count).